The molecule has 4 rings (SSSR count). The molecule has 7 nitrogen and oxygen atoms in total. The van der Waals surface area contributed by atoms with Crippen LogP contribution < -0.4 is 20.7 Å². The zero-order valence-electron chi connectivity index (χ0n) is 23.9. The Morgan fingerprint density at radius 2 is 1.86 bits per heavy atom. The van der Waals surface area contributed by atoms with Gasteiger partial charge in [0.1, 0.15) is 5.82 Å². The number of ether oxygens (including phenoxy) is 1. The molecule has 0 bridgehead atoms. The second-order valence-corrected chi connectivity index (χ2v) is 11.5. The van der Waals surface area contributed by atoms with Crippen LogP contribution in [0.2, 0.25) is 0 Å². The van der Waals surface area contributed by atoms with Gasteiger partial charge in [0.15, 0.2) is 5.75 Å². The van der Waals surface area contributed by atoms with Crippen molar-refractivity contribution in [2.75, 3.05) is 55.3 Å². The zero-order chi connectivity index (χ0) is 31.9. The summed E-state index contributed by atoms with van der Waals surface area (Å²) in [5.74, 6) is 4.36. The Balaban J connectivity index is 1.55. The number of thiophene rings is 1. The SMILES string of the molecule is CC(O)CN1CCC(Nc2cccc3c(CC(F)(F)F)c(C#CCNc4cc(F)c(NCCO)cc4OC(F)F)sc23)CC1. The van der Waals surface area contributed by atoms with Crippen molar-refractivity contribution in [3.05, 3.63) is 46.6 Å². The number of hydrogen-bond donors (Lipinski definition) is 5. The summed E-state index contributed by atoms with van der Waals surface area (Å²) in [7, 11) is 0. The van der Waals surface area contributed by atoms with Gasteiger partial charge < -0.3 is 35.8 Å². The summed E-state index contributed by atoms with van der Waals surface area (Å²) < 4.78 is 86.4. The van der Waals surface area contributed by atoms with E-state index < -0.39 is 31.1 Å². The fourth-order valence-corrected chi connectivity index (χ4v) is 6.26. The van der Waals surface area contributed by atoms with Crippen molar-refractivity contribution >= 4 is 38.5 Å². The maximum atomic E-state index is 14.5. The van der Waals surface area contributed by atoms with E-state index in [2.05, 4.69) is 37.4 Å². The third-order valence-corrected chi connectivity index (χ3v) is 8.14. The van der Waals surface area contributed by atoms with Gasteiger partial charge in [-0.05, 0) is 36.8 Å². The van der Waals surface area contributed by atoms with E-state index in [1.54, 1.807) is 19.1 Å². The smallest absolute Gasteiger partial charge is 0.393 e. The predicted octanol–water partition coefficient (Wildman–Crippen LogP) is 5.87. The maximum absolute atomic E-state index is 14.5. The van der Waals surface area contributed by atoms with Gasteiger partial charge >= 0.3 is 12.8 Å². The van der Waals surface area contributed by atoms with Gasteiger partial charge in [0.05, 0.1) is 52.3 Å². The van der Waals surface area contributed by atoms with Gasteiger partial charge in [-0.2, -0.15) is 22.0 Å². The number of hydrogen-bond acceptors (Lipinski definition) is 8. The number of aliphatic hydroxyl groups is 2. The van der Waals surface area contributed by atoms with Crippen LogP contribution in [0.15, 0.2) is 30.3 Å². The standard InChI is InChI=1S/C30H34F6N4O3S/c1-18(42)17-40-11-7-19(8-12-40)39-23-5-2-4-20-21(16-30(34,35)36)27(44-28(20)23)6-3-9-37-25-14-22(31)24(38-10-13-41)15-26(25)43-29(32)33/h2,4-5,14-15,18-19,29,37-39,41-42H,7-13,16-17H2,1H3. The van der Waals surface area contributed by atoms with E-state index in [9.17, 15) is 31.4 Å². The summed E-state index contributed by atoms with van der Waals surface area (Å²) >= 11 is 1.14. The summed E-state index contributed by atoms with van der Waals surface area (Å²) in [6.45, 7) is 0.206. The molecule has 1 saturated heterocycles. The largest absolute Gasteiger partial charge is 0.433 e. The van der Waals surface area contributed by atoms with Crippen LogP contribution >= 0.6 is 11.3 Å². The Kier molecular flexibility index (Phi) is 11.5. The molecule has 1 aliphatic heterocycles. The summed E-state index contributed by atoms with van der Waals surface area (Å²) in [5, 5.41) is 27.8. The number of rotatable bonds is 12. The molecule has 1 unspecified atom stereocenters. The van der Waals surface area contributed by atoms with E-state index in [0.717, 1.165) is 55.1 Å². The van der Waals surface area contributed by atoms with E-state index >= 15 is 0 Å². The minimum Gasteiger partial charge on any atom is -0.433 e. The Labute approximate surface area is 255 Å². The highest BCUT2D eigenvalue weighted by Crippen LogP contribution is 2.39. The molecular weight excluding hydrogens is 610 g/mol. The molecular formula is C30H34F6N4O3S. The van der Waals surface area contributed by atoms with Crippen LogP contribution in [-0.4, -0.2) is 79.4 Å². The van der Waals surface area contributed by atoms with Crippen LogP contribution in [0, 0.1) is 17.7 Å². The first-order valence-corrected chi connectivity index (χ1v) is 14.9. The molecule has 5 N–H and O–H groups in total. The monoisotopic (exact) mass is 644 g/mol. The van der Waals surface area contributed by atoms with Gasteiger partial charge in [-0.25, -0.2) is 4.39 Å². The average Bonchev–Trinajstić information content (AvgIpc) is 3.28. The highest BCUT2D eigenvalue weighted by atomic mass is 32.1. The second-order valence-electron chi connectivity index (χ2n) is 10.5. The van der Waals surface area contributed by atoms with Crippen molar-refractivity contribution in [2.45, 2.75) is 51.1 Å². The lowest BCUT2D eigenvalue weighted by atomic mass is 10.0. The van der Waals surface area contributed by atoms with Crippen LogP contribution in [-0.2, 0) is 6.42 Å². The Morgan fingerprint density at radius 3 is 2.52 bits per heavy atom. The van der Waals surface area contributed by atoms with Crippen molar-refractivity contribution in [2.24, 2.45) is 0 Å². The molecule has 2 heterocycles. The van der Waals surface area contributed by atoms with Crippen molar-refractivity contribution < 1.29 is 41.3 Å². The van der Waals surface area contributed by atoms with Crippen LogP contribution in [0.4, 0.5) is 43.4 Å². The third-order valence-electron chi connectivity index (χ3n) is 6.95. The molecule has 14 heteroatoms. The zero-order valence-corrected chi connectivity index (χ0v) is 24.7. The topological polar surface area (TPSA) is 89.0 Å². The fraction of sp³-hybridized carbons (Fsp3) is 0.467. The molecule has 0 spiro atoms. The first-order valence-electron chi connectivity index (χ1n) is 14.1. The van der Waals surface area contributed by atoms with E-state index in [1.165, 1.54) is 0 Å². The summed E-state index contributed by atoms with van der Waals surface area (Å²) in [6, 6.07) is 7.24. The van der Waals surface area contributed by atoms with Gasteiger partial charge in [-0.15, -0.1) is 11.3 Å². The van der Waals surface area contributed by atoms with E-state index in [-0.39, 0.29) is 53.3 Å². The van der Waals surface area contributed by atoms with Gasteiger partial charge in [0.25, 0.3) is 0 Å². The minimum absolute atomic E-state index is 0.0147. The maximum Gasteiger partial charge on any atom is 0.393 e. The number of aliphatic hydroxyl groups excluding tert-OH is 2. The van der Waals surface area contributed by atoms with Crippen LogP contribution in [0.3, 0.4) is 0 Å². The number of halogens is 6. The molecule has 1 fully saturated rings. The summed E-state index contributed by atoms with van der Waals surface area (Å²) in [4.78, 5) is 2.40. The van der Waals surface area contributed by atoms with E-state index in [4.69, 9.17) is 5.11 Å². The molecule has 2 aromatic carbocycles. The lowest BCUT2D eigenvalue weighted by Gasteiger charge is -2.33. The van der Waals surface area contributed by atoms with Crippen molar-refractivity contribution in [3.8, 4) is 17.6 Å². The molecule has 0 saturated carbocycles. The summed E-state index contributed by atoms with van der Waals surface area (Å²) in [5.41, 5.74) is 0.496. The molecule has 1 aromatic heterocycles. The third kappa shape index (κ3) is 9.31. The Hall–Kier alpha value is -3.38. The number of anilines is 3. The van der Waals surface area contributed by atoms with E-state index in [1.807, 2.05) is 6.07 Å². The molecule has 240 valence electrons. The van der Waals surface area contributed by atoms with Crippen molar-refractivity contribution in [3.63, 3.8) is 0 Å². The molecule has 3 aromatic rings. The Morgan fingerprint density at radius 1 is 1.11 bits per heavy atom. The molecule has 0 radical (unpaired) electrons. The van der Waals surface area contributed by atoms with Crippen LogP contribution in [0.5, 0.6) is 5.75 Å². The minimum atomic E-state index is -4.48. The number of β-amino-alcohol motifs (C(OH)–C–C–N with tert-alkyl or cyclic N) is 1. The molecule has 44 heavy (non-hydrogen) atoms. The number of likely N-dealkylation sites (tertiary alicyclic amines) is 1. The molecule has 1 atom stereocenters. The van der Waals surface area contributed by atoms with Gasteiger partial charge in [0, 0.05) is 44.4 Å². The lowest BCUT2D eigenvalue weighted by Crippen LogP contribution is -2.41. The number of alkyl halides is 5. The number of nitrogens with zero attached hydrogens (tertiary/aromatic N) is 1. The van der Waals surface area contributed by atoms with Crippen molar-refractivity contribution in [1.29, 1.82) is 0 Å². The van der Waals surface area contributed by atoms with E-state index in [0.29, 0.717) is 16.6 Å². The first kappa shape index (κ1) is 33.5. The highest BCUT2D eigenvalue weighted by molar-refractivity contribution is 7.20. The predicted molar refractivity (Wildman–Crippen MR) is 160 cm³/mol. The molecule has 0 amide bonds. The summed E-state index contributed by atoms with van der Waals surface area (Å²) in [6.07, 6.45) is -4.44. The average molecular weight is 645 g/mol. The highest BCUT2D eigenvalue weighted by Gasteiger charge is 2.31. The van der Waals surface area contributed by atoms with Gasteiger partial charge in [0.2, 0.25) is 0 Å². The van der Waals surface area contributed by atoms with Crippen molar-refractivity contribution in [1.82, 2.24) is 4.90 Å². The molecule has 0 aliphatic carbocycles. The second kappa shape index (κ2) is 15.1. The van der Waals surface area contributed by atoms with Gasteiger partial charge in [-0.3, -0.25) is 0 Å². The molecule has 1 aliphatic rings. The lowest BCUT2D eigenvalue weighted by molar-refractivity contribution is -0.127. The van der Waals surface area contributed by atoms with Gasteiger partial charge in [-0.1, -0.05) is 24.0 Å². The first-order chi connectivity index (χ1) is 20.9. The quantitative estimate of drug-likeness (QED) is 0.125. The number of piperidine rings is 1. The number of nitrogens with one attached hydrogen (secondary N) is 3. The normalized spacial score (nSPS) is 15.2. The van der Waals surface area contributed by atoms with Crippen LogP contribution in [0.1, 0.15) is 30.2 Å². The number of fused-ring (bicyclic) bond motifs is 1. The van der Waals surface area contributed by atoms with Crippen LogP contribution in [0.25, 0.3) is 10.1 Å². The number of benzene rings is 2. The Bertz CT molecular complexity index is 1460. The fourth-order valence-electron chi connectivity index (χ4n) is 5.09.